The number of benzene rings is 1. The van der Waals surface area contributed by atoms with E-state index >= 15 is 0 Å². The maximum Gasteiger partial charge on any atom is 0.256 e. The Morgan fingerprint density at radius 1 is 1.18 bits per heavy atom. The maximum absolute atomic E-state index is 11.9. The molecule has 0 bridgehead atoms. The van der Waals surface area contributed by atoms with Gasteiger partial charge in [-0.2, -0.15) is 14.6 Å². The van der Waals surface area contributed by atoms with Crippen LogP contribution in [0.4, 0.5) is 11.6 Å². The number of ether oxygens (including phenoxy) is 2. The van der Waals surface area contributed by atoms with Crippen molar-refractivity contribution in [2.75, 3.05) is 30.0 Å². The Bertz CT molecular complexity index is 1440. The van der Waals surface area contributed by atoms with Crippen molar-refractivity contribution in [3.05, 3.63) is 48.4 Å². The van der Waals surface area contributed by atoms with Crippen LogP contribution in [0.3, 0.4) is 0 Å². The number of fused-ring (bicyclic) bond motifs is 1. The van der Waals surface area contributed by atoms with E-state index in [9.17, 15) is 20.1 Å². The van der Waals surface area contributed by atoms with Crippen LogP contribution < -0.4 is 10.2 Å². The lowest BCUT2D eigenvalue weighted by molar-refractivity contribution is -0.107. The Balaban J connectivity index is 1.38. The summed E-state index contributed by atoms with van der Waals surface area (Å²) in [5.74, 6) is 0.833. The summed E-state index contributed by atoms with van der Waals surface area (Å²) in [5.41, 5.74) is 1.62. The molecule has 3 aromatic heterocycles. The lowest BCUT2D eigenvalue weighted by Crippen LogP contribution is -2.33. The average molecular weight is 538 g/mol. The highest BCUT2D eigenvalue weighted by Gasteiger charge is 2.44. The van der Waals surface area contributed by atoms with Gasteiger partial charge in [-0.15, -0.1) is 5.10 Å². The van der Waals surface area contributed by atoms with Gasteiger partial charge in [0.25, 0.3) is 5.95 Å². The zero-order valence-electron chi connectivity index (χ0n) is 20.7. The van der Waals surface area contributed by atoms with Crippen LogP contribution in [0.25, 0.3) is 17.1 Å². The third-order valence-corrected chi connectivity index (χ3v) is 6.77. The predicted molar refractivity (Wildman–Crippen MR) is 135 cm³/mol. The van der Waals surface area contributed by atoms with Crippen molar-refractivity contribution in [1.29, 1.82) is 0 Å². The van der Waals surface area contributed by atoms with Crippen LogP contribution in [-0.4, -0.2) is 100 Å². The van der Waals surface area contributed by atoms with Crippen LogP contribution >= 0.6 is 0 Å². The number of aliphatic hydroxyl groups is 3. The minimum absolute atomic E-state index is 0.00209. The van der Waals surface area contributed by atoms with Gasteiger partial charge in [0.2, 0.25) is 6.41 Å². The van der Waals surface area contributed by atoms with E-state index in [0.717, 1.165) is 12.0 Å². The molecule has 5 heterocycles. The van der Waals surface area contributed by atoms with Crippen molar-refractivity contribution in [3.8, 4) is 5.95 Å². The fourth-order valence-corrected chi connectivity index (χ4v) is 4.68. The monoisotopic (exact) mass is 537 g/mol. The predicted octanol–water partition coefficient (Wildman–Crippen LogP) is -0.618. The average Bonchev–Trinajstić information content (AvgIpc) is 3.76. The number of amides is 1. The summed E-state index contributed by atoms with van der Waals surface area (Å²) < 4.78 is 14.0. The summed E-state index contributed by atoms with van der Waals surface area (Å²) in [7, 11) is 0. The Morgan fingerprint density at radius 2 is 2.03 bits per heavy atom. The first-order chi connectivity index (χ1) is 19.1. The highest BCUT2D eigenvalue weighted by Crippen LogP contribution is 2.33. The minimum Gasteiger partial charge on any atom is -0.394 e. The molecule has 39 heavy (non-hydrogen) atoms. The molecule has 6 rings (SSSR count). The van der Waals surface area contributed by atoms with E-state index in [2.05, 4.69) is 30.6 Å². The summed E-state index contributed by atoms with van der Waals surface area (Å²) in [4.78, 5) is 27.0. The summed E-state index contributed by atoms with van der Waals surface area (Å²) >= 11 is 0. The highest BCUT2D eigenvalue weighted by atomic mass is 16.6. The summed E-state index contributed by atoms with van der Waals surface area (Å²) in [5, 5.41) is 42.0. The molecule has 15 heteroatoms. The van der Waals surface area contributed by atoms with E-state index in [1.165, 1.54) is 26.7 Å². The number of carbonyl (C=O) groups is 1. The molecule has 1 amide bonds. The molecule has 2 aliphatic rings. The Morgan fingerprint density at radius 3 is 2.74 bits per heavy atom. The third kappa shape index (κ3) is 4.81. The first-order valence-corrected chi connectivity index (χ1v) is 12.5. The van der Waals surface area contributed by atoms with Crippen molar-refractivity contribution in [2.45, 2.75) is 43.5 Å². The van der Waals surface area contributed by atoms with Crippen LogP contribution in [0.15, 0.2) is 42.9 Å². The molecule has 0 unspecified atom stereocenters. The number of carbonyl (C=O) groups excluding carboxylic acids is 1. The van der Waals surface area contributed by atoms with Gasteiger partial charge in [0, 0.05) is 6.61 Å². The Hall–Kier alpha value is -4.02. The van der Waals surface area contributed by atoms with Gasteiger partial charge in [0.15, 0.2) is 29.0 Å². The highest BCUT2D eigenvalue weighted by molar-refractivity contribution is 5.84. The van der Waals surface area contributed by atoms with Gasteiger partial charge in [0.1, 0.15) is 18.3 Å². The molecule has 0 radical (unpaired) electrons. The molecule has 15 nitrogen and oxygen atoms in total. The number of aromatic nitrogens is 7. The molecule has 2 aliphatic heterocycles. The molecule has 204 valence electrons. The summed E-state index contributed by atoms with van der Waals surface area (Å²) in [6.07, 6.45) is -0.204. The van der Waals surface area contributed by atoms with Crippen molar-refractivity contribution >= 4 is 29.2 Å². The van der Waals surface area contributed by atoms with E-state index in [1.54, 1.807) is 0 Å². The first kappa shape index (κ1) is 25.3. The molecule has 5 atom stereocenters. The molecule has 2 fully saturated rings. The van der Waals surface area contributed by atoms with Gasteiger partial charge >= 0.3 is 0 Å². The van der Waals surface area contributed by atoms with E-state index in [0.29, 0.717) is 49.0 Å². The van der Waals surface area contributed by atoms with E-state index < -0.39 is 31.1 Å². The Labute approximate surface area is 221 Å². The molecular formula is C24H27N9O6. The zero-order valence-corrected chi connectivity index (χ0v) is 20.7. The number of rotatable bonds is 9. The normalized spacial score (nSPS) is 24.8. The second kappa shape index (κ2) is 10.6. The number of hydrogen-bond acceptors (Lipinski definition) is 12. The van der Waals surface area contributed by atoms with E-state index in [4.69, 9.17) is 9.47 Å². The molecule has 0 aliphatic carbocycles. The fraction of sp³-hybridized carbons (Fsp3) is 0.417. The lowest BCUT2D eigenvalue weighted by atomic mass is 10.1. The summed E-state index contributed by atoms with van der Waals surface area (Å²) in [6, 6.07) is 9.48. The summed E-state index contributed by atoms with van der Waals surface area (Å²) in [6.45, 7) is 0.951. The van der Waals surface area contributed by atoms with Gasteiger partial charge in [-0.05, 0) is 12.0 Å². The second-order valence-electron chi connectivity index (χ2n) is 9.37. The van der Waals surface area contributed by atoms with Gasteiger partial charge in [-0.25, -0.2) is 4.98 Å². The number of nitrogens with zero attached hydrogens (tertiary/aromatic N) is 8. The van der Waals surface area contributed by atoms with Crippen LogP contribution in [0, 0.1) is 0 Å². The van der Waals surface area contributed by atoms with Crippen molar-refractivity contribution in [1.82, 2.24) is 34.5 Å². The minimum atomic E-state index is -1.32. The van der Waals surface area contributed by atoms with Gasteiger partial charge in [-0.1, -0.05) is 35.5 Å². The lowest BCUT2D eigenvalue weighted by Gasteiger charge is -2.17. The topological polar surface area (TPSA) is 186 Å². The standard InChI is InChI=1S/C24H27N9O6/c34-10-16-19(36)20(37)23(39-16)32-12-25-18-21(26-15-6-7-38-11-15)27-24(28-22(18)32)33-9-17(29-30-33)31(13-35)8-14-4-2-1-3-5-14/h1-5,9,12-13,15-16,19-20,23,34,36-37H,6-8,10-11H2,(H,26,27,28)/t15-,16-,19-,20-,23-/m1/s1. The SMILES string of the molecule is O=CN(Cc1ccccc1)c1cn(-c2nc(N[C@@H]3CCOC3)c3ncn([C@@H]4O[C@H](CO)[C@@H](O)[C@H]4O)c3n2)nn1. The number of imidazole rings is 1. The van der Waals surface area contributed by atoms with Crippen LogP contribution in [0.1, 0.15) is 18.2 Å². The maximum atomic E-state index is 11.9. The van der Waals surface area contributed by atoms with Gasteiger partial charge in [-0.3, -0.25) is 14.3 Å². The number of hydrogen-bond donors (Lipinski definition) is 4. The molecule has 0 spiro atoms. The van der Waals surface area contributed by atoms with Crippen molar-refractivity contribution in [3.63, 3.8) is 0 Å². The molecule has 2 saturated heterocycles. The molecule has 4 aromatic rings. The quantitative estimate of drug-likeness (QED) is 0.199. The second-order valence-corrected chi connectivity index (χ2v) is 9.37. The van der Waals surface area contributed by atoms with Gasteiger partial charge in [0.05, 0.1) is 38.3 Å². The number of nitrogens with one attached hydrogen (secondary N) is 1. The van der Waals surface area contributed by atoms with Crippen molar-refractivity contribution < 1.29 is 29.6 Å². The number of anilines is 2. The number of aliphatic hydroxyl groups excluding tert-OH is 3. The smallest absolute Gasteiger partial charge is 0.256 e. The van der Waals surface area contributed by atoms with E-state index in [-0.39, 0.29) is 12.0 Å². The van der Waals surface area contributed by atoms with E-state index in [1.807, 2.05) is 30.3 Å². The fourth-order valence-electron chi connectivity index (χ4n) is 4.68. The largest absolute Gasteiger partial charge is 0.394 e. The zero-order chi connectivity index (χ0) is 26.9. The first-order valence-electron chi connectivity index (χ1n) is 12.5. The molecule has 1 aromatic carbocycles. The van der Waals surface area contributed by atoms with Crippen molar-refractivity contribution in [2.24, 2.45) is 0 Å². The van der Waals surface area contributed by atoms with Crippen LogP contribution in [0.2, 0.25) is 0 Å². The van der Waals surface area contributed by atoms with Gasteiger partial charge < -0.3 is 30.1 Å². The molecule has 0 saturated carbocycles. The van der Waals surface area contributed by atoms with Crippen LogP contribution in [-0.2, 0) is 20.8 Å². The molecular weight excluding hydrogens is 510 g/mol. The Kier molecular flexibility index (Phi) is 6.88. The molecule has 4 N–H and O–H groups in total. The van der Waals surface area contributed by atoms with Crippen LogP contribution in [0.5, 0.6) is 0 Å². The third-order valence-electron chi connectivity index (χ3n) is 6.77.